The van der Waals surface area contributed by atoms with Crippen LogP contribution < -0.4 is 0 Å². The molecule has 0 radical (unpaired) electrons. The molecule has 0 atom stereocenters. The number of hydrogen-bond donors (Lipinski definition) is 1. The zero-order valence-electron chi connectivity index (χ0n) is 9.78. The highest BCUT2D eigenvalue weighted by Crippen LogP contribution is 2.27. The van der Waals surface area contributed by atoms with Crippen molar-refractivity contribution in [3.8, 4) is 0 Å². The first-order chi connectivity index (χ1) is 8.08. The second-order valence-electron chi connectivity index (χ2n) is 4.31. The third-order valence-electron chi connectivity index (χ3n) is 2.65. The molecule has 1 N–H and O–H groups in total. The molecule has 0 saturated heterocycles. The van der Waals surface area contributed by atoms with E-state index in [9.17, 15) is 13.2 Å². The Morgan fingerprint density at radius 3 is 2.44 bits per heavy atom. The Morgan fingerprint density at radius 2 is 2.00 bits per heavy atom. The molecule has 0 saturated carbocycles. The fraction of sp³-hybridized carbons (Fsp3) is 0.364. The summed E-state index contributed by atoms with van der Waals surface area (Å²) in [5.74, 6) is -1.78. The number of rotatable bonds is 4. The molecule has 0 heterocycles. The van der Waals surface area contributed by atoms with Crippen LogP contribution >= 0.6 is 27.5 Å². The van der Waals surface area contributed by atoms with Gasteiger partial charge in [0.25, 0.3) is 0 Å². The number of carbonyl (C=O) groups is 1. The number of sulfone groups is 1. The lowest BCUT2D eigenvalue weighted by Gasteiger charge is -2.20. The second-order valence-corrected chi connectivity index (χ2v) is 8.17. The van der Waals surface area contributed by atoms with E-state index in [0.717, 1.165) is 18.3 Å². The Bertz CT molecular complexity index is 581. The van der Waals surface area contributed by atoms with Crippen molar-refractivity contribution in [3.05, 3.63) is 33.3 Å². The Morgan fingerprint density at radius 1 is 1.44 bits per heavy atom. The van der Waals surface area contributed by atoms with E-state index in [-0.39, 0.29) is 5.02 Å². The summed E-state index contributed by atoms with van der Waals surface area (Å²) < 4.78 is 23.0. The molecule has 4 nitrogen and oxygen atoms in total. The molecule has 0 fully saturated rings. The molecule has 7 heteroatoms. The SMILES string of the molecule is CC(C)(C(=O)O)S(=O)(=O)Cc1ccc(Br)cc1Cl. The molecule has 1 rings (SSSR count). The molecule has 0 aliphatic rings. The molecule has 0 bridgehead atoms. The van der Waals surface area contributed by atoms with Gasteiger partial charge in [-0.1, -0.05) is 33.6 Å². The lowest BCUT2D eigenvalue weighted by Crippen LogP contribution is -2.41. The zero-order valence-corrected chi connectivity index (χ0v) is 12.9. The van der Waals surface area contributed by atoms with E-state index in [1.54, 1.807) is 18.2 Å². The quantitative estimate of drug-likeness (QED) is 0.901. The van der Waals surface area contributed by atoms with Crippen LogP contribution in [0.1, 0.15) is 19.4 Å². The van der Waals surface area contributed by atoms with Gasteiger partial charge in [-0.2, -0.15) is 0 Å². The summed E-state index contributed by atoms with van der Waals surface area (Å²) in [6.07, 6.45) is 0. The Balaban J connectivity index is 3.15. The van der Waals surface area contributed by atoms with Crippen LogP contribution in [0.15, 0.2) is 22.7 Å². The highest BCUT2D eigenvalue weighted by Gasteiger charge is 2.41. The number of benzene rings is 1. The van der Waals surface area contributed by atoms with Crippen molar-refractivity contribution < 1.29 is 18.3 Å². The zero-order chi connectivity index (χ0) is 14.1. The summed E-state index contributed by atoms with van der Waals surface area (Å²) in [5.41, 5.74) is 0.384. The van der Waals surface area contributed by atoms with Crippen LogP contribution in [0.5, 0.6) is 0 Å². The Kier molecular flexibility index (Phi) is 4.46. The minimum absolute atomic E-state index is 0.286. The lowest BCUT2D eigenvalue weighted by molar-refractivity contribution is -0.139. The molecule has 1 aromatic carbocycles. The van der Waals surface area contributed by atoms with E-state index >= 15 is 0 Å². The van der Waals surface area contributed by atoms with E-state index in [2.05, 4.69) is 15.9 Å². The van der Waals surface area contributed by atoms with Crippen LogP contribution in [0.4, 0.5) is 0 Å². The maximum atomic E-state index is 12.0. The molecule has 18 heavy (non-hydrogen) atoms. The fourth-order valence-electron chi connectivity index (χ4n) is 1.16. The number of carboxylic acid groups (broad SMARTS) is 1. The van der Waals surface area contributed by atoms with E-state index < -0.39 is 26.3 Å². The molecular formula is C11H12BrClO4S. The van der Waals surface area contributed by atoms with Crippen LogP contribution in [-0.4, -0.2) is 24.2 Å². The molecule has 0 amide bonds. The lowest BCUT2D eigenvalue weighted by atomic mass is 10.2. The maximum Gasteiger partial charge on any atom is 0.324 e. The first kappa shape index (κ1) is 15.5. The topological polar surface area (TPSA) is 71.4 Å². The maximum absolute atomic E-state index is 12.0. The molecule has 0 aromatic heterocycles. The normalized spacial score (nSPS) is 12.4. The molecule has 0 spiro atoms. The summed E-state index contributed by atoms with van der Waals surface area (Å²) in [6.45, 7) is 2.33. The highest BCUT2D eigenvalue weighted by molar-refractivity contribution is 9.10. The predicted molar refractivity (Wildman–Crippen MR) is 73.5 cm³/mol. The summed E-state index contributed by atoms with van der Waals surface area (Å²) in [5, 5.41) is 9.23. The average Bonchev–Trinajstić information content (AvgIpc) is 2.21. The standard InChI is InChI=1S/C11H12BrClO4S/c1-11(2,10(14)15)18(16,17)6-7-3-4-8(12)5-9(7)13/h3-5H,6H2,1-2H3,(H,14,15). The third kappa shape index (κ3) is 3.05. The Hall–Kier alpha value is -0.590. The van der Waals surface area contributed by atoms with Crippen LogP contribution in [0.2, 0.25) is 5.02 Å². The summed E-state index contributed by atoms with van der Waals surface area (Å²) >= 11 is 9.13. The van der Waals surface area contributed by atoms with Crippen molar-refractivity contribution >= 4 is 43.3 Å². The van der Waals surface area contributed by atoms with Crippen molar-refractivity contribution in [3.63, 3.8) is 0 Å². The predicted octanol–water partition coefficient (Wildman–Crippen LogP) is 2.88. The molecule has 0 aliphatic carbocycles. The Labute approximate surface area is 119 Å². The molecule has 0 unspecified atom stereocenters. The van der Waals surface area contributed by atoms with E-state index in [1.807, 2.05) is 0 Å². The third-order valence-corrected chi connectivity index (χ3v) is 5.92. The van der Waals surface area contributed by atoms with Gasteiger partial charge >= 0.3 is 5.97 Å². The van der Waals surface area contributed by atoms with E-state index in [0.29, 0.717) is 5.56 Å². The minimum atomic E-state index is -3.85. The van der Waals surface area contributed by atoms with Crippen LogP contribution in [0.25, 0.3) is 0 Å². The number of aliphatic carboxylic acids is 1. The van der Waals surface area contributed by atoms with E-state index in [4.69, 9.17) is 16.7 Å². The molecule has 1 aromatic rings. The molecule has 0 aliphatic heterocycles. The van der Waals surface area contributed by atoms with Crippen molar-refractivity contribution in [2.24, 2.45) is 0 Å². The molecule has 100 valence electrons. The summed E-state index contributed by atoms with van der Waals surface area (Å²) in [6, 6.07) is 4.78. The van der Waals surface area contributed by atoms with E-state index in [1.165, 1.54) is 0 Å². The van der Waals surface area contributed by atoms with Gasteiger partial charge in [-0.05, 0) is 31.5 Å². The van der Waals surface area contributed by atoms with Crippen molar-refractivity contribution in [2.45, 2.75) is 24.3 Å². The smallest absolute Gasteiger partial charge is 0.324 e. The van der Waals surface area contributed by atoms with Gasteiger partial charge in [-0.3, -0.25) is 4.79 Å². The fourth-order valence-corrected chi connectivity index (χ4v) is 3.26. The van der Waals surface area contributed by atoms with Gasteiger partial charge in [0.2, 0.25) is 0 Å². The summed E-state index contributed by atoms with van der Waals surface area (Å²) in [4.78, 5) is 11.0. The van der Waals surface area contributed by atoms with Gasteiger partial charge in [0.05, 0.1) is 5.75 Å². The van der Waals surface area contributed by atoms with Crippen LogP contribution in [-0.2, 0) is 20.4 Å². The second kappa shape index (κ2) is 5.19. The summed E-state index contributed by atoms with van der Waals surface area (Å²) in [7, 11) is -3.85. The van der Waals surface area contributed by atoms with Gasteiger partial charge < -0.3 is 5.11 Å². The van der Waals surface area contributed by atoms with Gasteiger partial charge in [-0.25, -0.2) is 8.42 Å². The van der Waals surface area contributed by atoms with Gasteiger partial charge in [-0.15, -0.1) is 0 Å². The van der Waals surface area contributed by atoms with Gasteiger partial charge in [0.1, 0.15) is 0 Å². The number of carboxylic acids is 1. The van der Waals surface area contributed by atoms with Crippen molar-refractivity contribution in [2.75, 3.05) is 0 Å². The van der Waals surface area contributed by atoms with Gasteiger partial charge in [0, 0.05) is 9.50 Å². The highest BCUT2D eigenvalue weighted by atomic mass is 79.9. The number of halogens is 2. The van der Waals surface area contributed by atoms with Crippen LogP contribution in [0.3, 0.4) is 0 Å². The van der Waals surface area contributed by atoms with Crippen molar-refractivity contribution in [1.82, 2.24) is 0 Å². The minimum Gasteiger partial charge on any atom is -0.480 e. The van der Waals surface area contributed by atoms with Crippen LogP contribution in [0, 0.1) is 0 Å². The first-order valence-electron chi connectivity index (χ1n) is 4.97. The monoisotopic (exact) mass is 354 g/mol. The average molecular weight is 356 g/mol. The van der Waals surface area contributed by atoms with Crippen molar-refractivity contribution in [1.29, 1.82) is 0 Å². The number of hydrogen-bond acceptors (Lipinski definition) is 3. The first-order valence-corrected chi connectivity index (χ1v) is 7.80. The van der Waals surface area contributed by atoms with Gasteiger partial charge in [0.15, 0.2) is 14.6 Å². The molecular weight excluding hydrogens is 344 g/mol. The largest absolute Gasteiger partial charge is 0.480 e.